The van der Waals surface area contributed by atoms with E-state index in [9.17, 15) is 0 Å². The zero-order valence-corrected chi connectivity index (χ0v) is 12.1. The first-order valence-electron chi connectivity index (χ1n) is 6.91. The van der Waals surface area contributed by atoms with Crippen LogP contribution in [0.5, 0.6) is 0 Å². The van der Waals surface area contributed by atoms with Crippen molar-refractivity contribution in [1.82, 2.24) is 10.3 Å². The Labute approximate surface area is 111 Å². The fraction of sp³-hybridized carbons (Fsp3) is 0.667. The van der Waals surface area contributed by atoms with E-state index < -0.39 is 0 Å². The lowest BCUT2D eigenvalue weighted by atomic mass is 10.1. The van der Waals surface area contributed by atoms with Crippen LogP contribution in [0, 0.1) is 6.92 Å². The number of pyridine rings is 1. The Kier molecular flexibility index (Phi) is 3.91. The van der Waals surface area contributed by atoms with Gasteiger partial charge >= 0.3 is 0 Å². The molecule has 1 N–H and O–H groups in total. The second-order valence-electron chi connectivity index (χ2n) is 6.28. The van der Waals surface area contributed by atoms with Crippen molar-refractivity contribution in [3.8, 4) is 0 Å². The first-order valence-corrected chi connectivity index (χ1v) is 6.91. The fourth-order valence-corrected chi connectivity index (χ4v) is 2.35. The van der Waals surface area contributed by atoms with Crippen molar-refractivity contribution in [1.29, 1.82) is 0 Å². The maximum atomic E-state index is 4.65. The van der Waals surface area contributed by atoms with Crippen LogP contribution in [-0.4, -0.2) is 23.6 Å². The summed E-state index contributed by atoms with van der Waals surface area (Å²) in [6, 6.07) is 2.26. The van der Waals surface area contributed by atoms with Gasteiger partial charge in [0.1, 0.15) is 5.82 Å². The number of anilines is 1. The molecule has 3 heteroatoms. The van der Waals surface area contributed by atoms with Gasteiger partial charge in [0.2, 0.25) is 0 Å². The number of hydrogen-bond donors (Lipinski definition) is 1. The summed E-state index contributed by atoms with van der Waals surface area (Å²) in [5.74, 6) is 1.17. The third-order valence-corrected chi connectivity index (χ3v) is 3.34. The monoisotopic (exact) mass is 247 g/mol. The molecule has 0 radical (unpaired) electrons. The molecule has 0 bridgehead atoms. The molecule has 1 aromatic heterocycles. The van der Waals surface area contributed by atoms with E-state index >= 15 is 0 Å². The summed E-state index contributed by atoms with van der Waals surface area (Å²) < 4.78 is 0. The molecule has 0 unspecified atom stereocenters. The Morgan fingerprint density at radius 2 is 1.94 bits per heavy atom. The Bertz CT molecular complexity index is 401. The number of hydrogen-bond acceptors (Lipinski definition) is 3. The maximum absolute atomic E-state index is 4.65. The number of nitrogens with one attached hydrogen (secondary N) is 1. The number of aromatic nitrogens is 1. The van der Waals surface area contributed by atoms with Crippen molar-refractivity contribution in [3.63, 3.8) is 0 Å². The lowest BCUT2D eigenvalue weighted by Crippen LogP contribution is -2.35. The molecule has 1 aliphatic heterocycles. The number of aryl methyl sites for hydroxylation is 1. The molecule has 0 amide bonds. The van der Waals surface area contributed by atoms with Gasteiger partial charge in [-0.15, -0.1) is 0 Å². The molecular weight excluding hydrogens is 222 g/mol. The van der Waals surface area contributed by atoms with E-state index in [1.54, 1.807) is 0 Å². The predicted molar refractivity (Wildman–Crippen MR) is 77.0 cm³/mol. The molecule has 0 aliphatic carbocycles. The minimum absolute atomic E-state index is 0.154. The van der Waals surface area contributed by atoms with Crippen molar-refractivity contribution < 1.29 is 0 Å². The lowest BCUT2D eigenvalue weighted by Gasteiger charge is -2.22. The molecule has 1 aliphatic rings. The third kappa shape index (κ3) is 3.45. The van der Waals surface area contributed by atoms with Crippen LogP contribution in [0.15, 0.2) is 12.3 Å². The molecule has 1 fully saturated rings. The van der Waals surface area contributed by atoms with Crippen LogP contribution >= 0.6 is 0 Å². The van der Waals surface area contributed by atoms with Crippen LogP contribution in [-0.2, 0) is 6.54 Å². The summed E-state index contributed by atoms with van der Waals surface area (Å²) >= 11 is 0. The van der Waals surface area contributed by atoms with Crippen molar-refractivity contribution in [2.24, 2.45) is 0 Å². The number of nitrogens with zero attached hydrogens (tertiary/aromatic N) is 2. The molecule has 2 heterocycles. The van der Waals surface area contributed by atoms with Crippen LogP contribution in [0.3, 0.4) is 0 Å². The van der Waals surface area contributed by atoms with E-state index in [0.29, 0.717) is 0 Å². The highest BCUT2D eigenvalue weighted by Crippen LogP contribution is 2.22. The normalized spacial score (nSPS) is 16.3. The second-order valence-corrected chi connectivity index (χ2v) is 6.28. The standard InChI is InChI=1S/C15H25N3/c1-12-9-13(11-17-15(2,3)4)10-16-14(12)18-7-5-6-8-18/h9-10,17H,5-8,11H2,1-4H3. The second kappa shape index (κ2) is 5.27. The maximum Gasteiger partial charge on any atom is 0.131 e. The van der Waals surface area contributed by atoms with Gasteiger partial charge in [0, 0.05) is 31.4 Å². The van der Waals surface area contributed by atoms with Gasteiger partial charge in [0.25, 0.3) is 0 Å². The lowest BCUT2D eigenvalue weighted by molar-refractivity contribution is 0.424. The van der Waals surface area contributed by atoms with Crippen molar-refractivity contribution in [2.45, 2.75) is 52.6 Å². The fourth-order valence-electron chi connectivity index (χ4n) is 2.35. The molecule has 3 nitrogen and oxygen atoms in total. The van der Waals surface area contributed by atoms with E-state index in [4.69, 9.17) is 0 Å². The third-order valence-electron chi connectivity index (χ3n) is 3.34. The van der Waals surface area contributed by atoms with E-state index in [0.717, 1.165) is 19.6 Å². The van der Waals surface area contributed by atoms with Crippen LogP contribution < -0.4 is 10.2 Å². The summed E-state index contributed by atoms with van der Waals surface area (Å²) in [5.41, 5.74) is 2.72. The SMILES string of the molecule is Cc1cc(CNC(C)(C)C)cnc1N1CCCC1. The average molecular weight is 247 g/mol. The van der Waals surface area contributed by atoms with Gasteiger partial charge in [-0.3, -0.25) is 0 Å². The average Bonchev–Trinajstić information content (AvgIpc) is 2.79. The van der Waals surface area contributed by atoms with E-state index in [2.05, 4.69) is 49.0 Å². The quantitative estimate of drug-likeness (QED) is 0.890. The summed E-state index contributed by atoms with van der Waals surface area (Å²) in [6.45, 7) is 11.9. The zero-order valence-electron chi connectivity index (χ0n) is 12.1. The molecule has 1 saturated heterocycles. The molecule has 0 aromatic carbocycles. The minimum atomic E-state index is 0.154. The summed E-state index contributed by atoms with van der Waals surface area (Å²) in [5, 5.41) is 3.50. The van der Waals surface area contributed by atoms with E-state index in [-0.39, 0.29) is 5.54 Å². The summed E-state index contributed by atoms with van der Waals surface area (Å²) in [4.78, 5) is 7.05. The van der Waals surface area contributed by atoms with Crippen molar-refractivity contribution in [2.75, 3.05) is 18.0 Å². The Morgan fingerprint density at radius 3 is 2.50 bits per heavy atom. The Morgan fingerprint density at radius 1 is 1.28 bits per heavy atom. The Hall–Kier alpha value is -1.09. The minimum Gasteiger partial charge on any atom is -0.356 e. The van der Waals surface area contributed by atoms with E-state index in [1.807, 2.05) is 6.20 Å². The topological polar surface area (TPSA) is 28.2 Å². The first kappa shape index (κ1) is 13.3. The first-order chi connectivity index (χ1) is 8.46. The van der Waals surface area contributed by atoms with Gasteiger partial charge < -0.3 is 10.2 Å². The van der Waals surface area contributed by atoms with E-state index in [1.165, 1.54) is 29.8 Å². The largest absolute Gasteiger partial charge is 0.356 e. The molecule has 1 aromatic rings. The molecule has 0 spiro atoms. The van der Waals surface area contributed by atoms with Gasteiger partial charge in [-0.2, -0.15) is 0 Å². The highest BCUT2D eigenvalue weighted by Gasteiger charge is 2.16. The number of rotatable bonds is 3. The van der Waals surface area contributed by atoms with Crippen LogP contribution in [0.1, 0.15) is 44.7 Å². The van der Waals surface area contributed by atoms with Gasteiger partial charge in [-0.25, -0.2) is 4.98 Å². The van der Waals surface area contributed by atoms with Gasteiger partial charge in [-0.1, -0.05) is 0 Å². The van der Waals surface area contributed by atoms with Crippen molar-refractivity contribution >= 4 is 5.82 Å². The molecule has 0 saturated carbocycles. The molecule has 18 heavy (non-hydrogen) atoms. The zero-order chi connectivity index (χ0) is 13.2. The highest BCUT2D eigenvalue weighted by atomic mass is 15.2. The molecular formula is C15H25N3. The highest BCUT2D eigenvalue weighted by molar-refractivity contribution is 5.48. The summed E-state index contributed by atoms with van der Waals surface area (Å²) in [7, 11) is 0. The Balaban J connectivity index is 2.05. The van der Waals surface area contributed by atoms with Crippen molar-refractivity contribution in [3.05, 3.63) is 23.4 Å². The van der Waals surface area contributed by atoms with Crippen LogP contribution in [0.25, 0.3) is 0 Å². The molecule has 0 atom stereocenters. The summed E-state index contributed by atoms with van der Waals surface area (Å²) in [6.07, 6.45) is 4.61. The smallest absolute Gasteiger partial charge is 0.131 e. The van der Waals surface area contributed by atoms with Crippen LogP contribution in [0.2, 0.25) is 0 Å². The molecule has 100 valence electrons. The van der Waals surface area contributed by atoms with Gasteiger partial charge in [0.15, 0.2) is 0 Å². The van der Waals surface area contributed by atoms with Gasteiger partial charge in [-0.05, 0) is 57.7 Å². The molecule has 2 rings (SSSR count). The predicted octanol–water partition coefficient (Wildman–Crippen LogP) is 2.88. The van der Waals surface area contributed by atoms with Crippen LogP contribution in [0.4, 0.5) is 5.82 Å². The van der Waals surface area contributed by atoms with Gasteiger partial charge in [0.05, 0.1) is 0 Å².